The fourth-order valence-corrected chi connectivity index (χ4v) is 10.6. The molecule has 269 valence electrons. The molecule has 5 nitrogen and oxygen atoms in total. The molecule has 1 radical (unpaired) electrons. The van der Waals surface area contributed by atoms with E-state index >= 15 is 0 Å². The number of aromatic nitrogens is 4. The summed E-state index contributed by atoms with van der Waals surface area (Å²) in [5.74, 6) is 10.2. The summed E-state index contributed by atoms with van der Waals surface area (Å²) in [5, 5.41) is 2.10. The Hall–Kier alpha value is -3.58. The first-order chi connectivity index (χ1) is 24.8. The van der Waals surface area contributed by atoms with Gasteiger partial charge < -0.3 is 4.57 Å². The summed E-state index contributed by atoms with van der Waals surface area (Å²) in [6.07, 6.45) is 14.7. The summed E-state index contributed by atoms with van der Waals surface area (Å²) < 4.78 is 9.97. The second kappa shape index (κ2) is 15.8. The fourth-order valence-electron chi connectivity index (χ4n) is 8.46. The molecule has 2 aliphatic rings. The van der Waals surface area contributed by atoms with Gasteiger partial charge in [-0.2, -0.15) is 0 Å². The molecule has 0 N–H and O–H groups in total. The van der Waals surface area contributed by atoms with Crippen molar-refractivity contribution < 1.29 is 24.5 Å². The second-order valence-corrected chi connectivity index (χ2v) is 26.4. The topological polar surface area (TPSA) is 56.7 Å². The zero-order valence-electron chi connectivity index (χ0n) is 30.8. The normalized spacial score (nSPS) is 18.2. The molecule has 4 aromatic heterocycles. The Morgan fingerprint density at radius 2 is 1.50 bits per heavy atom. The van der Waals surface area contributed by atoms with Crippen LogP contribution in [0, 0.1) is 30.9 Å². The minimum atomic E-state index is -1.85. The van der Waals surface area contributed by atoms with Crippen LogP contribution >= 0.6 is 0 Å². The van der Waals surface area contributed by atoms with E-state index in [-0.39, 0.29) is 20.1 Å². The van der Waals surface area contributed by atoms with Crippen molar-refractivity contribution in [3.63, 3.8) is 0 Å². The third-order valence-corrected chi connectivity index (χ3v) is 15.5. The molecule has 0 bridgehead atoms. The van der Waals surface area contributed by atoms with Crippen molar-refractivity contribution in [3.8, 4) is 22.6 Å². The molecule has 0 aliphatic heterocycles. The van der Waals surface area contributed by atoms with Crippen LogP contribution < -0.4 is 4.40 Å². The molecule has 7 aromatic rings. The van der Waals surface area contributed by atoms with E-state index in [1.54, 1.807) is 0 Å². The number of para-hydroxylation sites is 2. The van der Waals surface area contributed by atoms with E-state index in [1.165, 1.54) is 67.7 Å². The zero-order valence-corrected chi connectivity index (χ0v) is 35.3. The Morgan fingerprint density at radius 1 is 0.731 bits per heavy atom. The van der Waals surface area contributed by atoms with E-state index in [0.29, 0.717) is 11.8 Å². The smallest absolute Gasteiger partial charge is 0.0770 e. The number of benzene rings is 3. The molecular formula is C45H48GeIrN4O-2. The summed E-state index contributed by atoms with van der Waals surface area (Å²) in [4.78, 5) is 14.2. The Morgan fingerprint density at radius 3 is 2.23 bits per heavy atom. The van der Waals surface area contributed by atoms with Crippen LogP contribution in [0.2, 0.25) is 17.3 Å². The number of nitrogens with zero attached hydrogens (tertiary/aromatic N) is 4. The van der Waals surface area contributed by atoms with Crippen LogP contribution in [-0.4, -0.2) is 32.8 Å². The van der Waals surface area contributed by atoms with E-state index < -0.39 is 13.3 Å². The van der Waals surface area contributed by atoms with E-state index in [2.05, 4.69) is 98.5 Å². The fraction of sp³-hybridized carbons (Fsp3) is 0.356. The van der Waals surface area contributed by atoms with Crippen LogP contribution in [-0.2, 0) is 20.1 Å². The van der Waals surface area contributed by atoms with Gasteiger partial charge in [0, 0.05) is 26.1 Å². The van der Waals surface area contributed by atoms with Gasteiger partial charge in [-0.3, -0.25) is 4.98 Å². The van der Waals surface area contributed by atoms with E-state index in [9.17, 15) is 0 Å². The molecule has 2 fully saturated rings. The van der Waals surface area contributed by atoms with Gasteiger partial charge in [0.25, 0.3) is 0 Å². The SMILES string of the molecule is Cc1ccc2c(n1)oc1c(-c3cc[c]([Ge]([CH3])([CH3])[CH3])cn3)[c-]ccc12.[Ir].[c-]1ccccc1-c1nc2ccccc2n1C1CCC(C2CCCCC2)CC1. The molecule has 7 heteroatoms. The van der Waals surface area contributed by atoms with Crippen molar-refractivity contribution in [2.24, 2.45) is 11.8 Å². The van der Waals surface area contributed by atoms with Crippen LogP contribution in [0.4, 0.5) is 0 Å². The van der Waals surface area contributed by atoms with Gasteiger partial charge in [0.05, 0.1) is 16.9 Å². The molecule has 2 aliphatic carbocycles. The standard InChI is InChI=1S/C25H29N2.C20H19GeN2O.Ir/c1-3-9-19(10-4-1)20-15-17-22(18-16-20)27-24-14-8-7-13-23(24)26-25(27)21-11-5-2-6-12-21;1-13-8-10-16-15-6-5-7-17(19(15)24-20(16)23-13)18-11-9-14(12-22-18)21(2,3)4;/h2,5-8,11,13-14,19-20,22H,1,3-4,9-10,15-18H2;5-6,8-12H,1-4H3;/q2*-1;. The molecule has 0 spiro atoms. The predicted molar refractivity (Wildman–Crippen MR) is 213 cm³/mol. The molecule has 0 atom stereocenters. The Balaban J connectivity index is 0.000000160. The number of fused-ring (bicyclic) bond motifs is 4. The van der Waals surface area contributed by atoms with Crippen molar-refractivity contribution in [1.82, 2.24) is 19.5 Å². The van der Waals surface area contributed by atoms with Crippen molar-refractivity contribution in [2.45, 2.75) is 88.0 Å². The van der Waals surface area contributed by atoms with Crippen molar-refractivity contribution in [3.05, 3.63) is 109 Å². The predicted octanol–water partition coefficient (Wildman–Crippen LogP) is 11.5. The Labute approximate surface area is 324 Å². The minimum Gasteiger partial charge on any atom is -0.361 e. The number of rotatable bonds is 5. The molecule has 4 heterocycles. The number of hydrogen-bond donors (Lipinski definition) is 0. The maximum atomic E-state index is 6.05. The Kier molecular flexibility index (Phi) is 11.2. The average molecular weight is 926 g/mol. The van der Waals surface area contributed by atoms with Gasteiger partial charge in [-0.25, -0.2) is 0 Å². The number of imidazole rings is 1. The molecule has 0 saturated heterocycles. The molecule has 52 heavy (non-hydrogen) atoms. The number of furan rings is 1. The van der Waals surface area contributed by atoms with Gasteiger partial charge in [0.1, 0.15) is 0 Å². The largest absolute Gasteiger partial charge is 0.361 e. The summed E-state index contributed by atoms with van der Waals surface area (Å²) >= 11 is -1.85. The van der Waals surface area contributed by atoms with Crippen LogP contribution in [0.25, 0.3) is 55.7 Å². The van der Waals surface area contributed by atoms with Gasteiger partial charge in [-0.1, -0.05) is 44.2 Å². The van der Waals surface area contributed by atoms with E-state index in [0.717, 1.165) is 62.0 Å². The van der Waals surface area contributed by atoms with Crippen molar-refractivity contribution >= 4 is 50.8 Å². The summed E-state index contributed by atoms with van der Waals surface area (Å²) in [6.45, 7) is 1.97. The number of pyridine rings is 2. The van der Waals surface area contributed by atoms with Gasteiger partial charge in [-0.15, -0.1) is 35.9 Å². The number of aryl methyl sites for hydroxylation is 1. The molecule has 0 unspecified atom stereocenters. The quantitative estimate of drug-likeness (QED) is 0.127. The second-order valence-electron chi connectivity index (χ2n) is 15.7. The molecule has 2 saturated carbocycles. The molecule has 9 rings (SSSR count). The van der Waals surface area contributed by atoms with E-state index in [1.807, 2.05) is 43.5 Å². The van der Waals surface area contributed by atoms with Crippen molar-refractivity contribution in [2.75, 3.05) is 0 Å². The van der Waals surface area contributed by atoms with Crippen LogP contribution in [0.15, 0.2) is 95.5 Å². The number of hydrogen-bond acceptors (Lipinski definition) is 4. The summed E-state index contributed by atoms with van der Waals surface area (Å²) in [6, 6.07) is 36.5. The molecule has 3 aromatic carbocycles. The maximum Gasteiger partial charge on any atom is 0.0770 e. The van der Waals surface area contributed by atoms with Crippen LogP contribution in [0.1, 0.15) is 69.5 Å². The monoisotopic (exact) mass is 927 g/mol. The van der Waals surface area contributed by atoms with Gasteiger partial charge in [-0.05, 0) is 49.7 Å². The average Bonchev–Trinajstić information content (AvgIpc) is 3.74. The van der Waals surface area contributed by atoms with Crippen molar-refractivity contribution in [1.29, 1.82) is 0 Å². The molecular weight excluding hydrogens is 877 g/mol. The maximum absolute atomic E-state index is 6.05. The van der Waals surface area contributed by atoms with Crippen LogP contribution in [0.5, 0.6) is 0 Å². The first kappa shape index (κ1) is 36.8. The first-order valence-electron chi connectivity index (χ1n) is 18.9. The third kappa shape index (κ3) is 7.58. The van der Waals surface area contributed by atoms with Gasteiger partial charge >= 0.3 is 144 Å². The molecule has 0 amide bonds. The van der Waals surface area contributed by atoms with Crippen LogP contribution in [0.3, 0.4) is 0 Å². The van der Waals surface area contributed by atoms with Gasteiger partial charge in [0.2, 0.25) is 0 Å². The summed E-state index contributed by atoms with van der Waals surface area (Å²) in [5.41, 5.74) is 7.73. The summed E-state index contributed by atoms with van der Waals surface area (Å²) in [7, 11) is 0. The first-order valence-corrected chi connectivity index (χ1v) is 26.3. The van der Waals surface area contributed by atoms with E-state index in [4.69, 9.17) is 9.40 Å². The third-order valence-electron chi connectivity index (χ3n) is 11.3. The zero-order chi connectivity index (χ0) is 35.0. The Bertz CT molecular complexity index is 2260. The minimum absolute atomic E-state index is 0. The van der Waals surface area contributed by atoms with Gasteiger partial charge in [0.15, 0.2) is 0 Å².